The fourth-order valence-corrected chi connectivity index (χ4v) is 6.46. The second-order valence-corrected chi connectivity index (χ2v) is 11.8. The topological polar surface area (TPSA) is 24.3 Å². The highest BCUT2D eigenvalue weighted by Gasteiger charge is 2.19. The summed E-state index contributed by atoms with van der Waals surface area (Å²) in [5.41, 5.74) is 11.1. The van der Waals surface area contributed by atoms with Crippen molar-refractivity contribution < 1.29 is 0 Å². The zero-order chi connectivity index (χ0) is 33.6. The zero-order valence-corrected chi connectivity index (χ0v) is 27.8. The van der Waals surface area contributed by atoms with Crippen LogP contribution in [-0.2, 0) is 0 Å². The van der Waals surface area contributed by atoms with Crippen LogP contribution in [0.1, 0.15) is 12.6 Å². The van der Waals surface area contributed by atoms with E-state index in [0.717, 1.165) is 50.7 Å². The number of hydrogen-bond acceptors (Lipinski definition) is 3. The molecule has 2 heterocycles. The van der Waals surface area contributed by atoms with Crippen LogP contribution >= 0.6 is 0 Å². The summed E-state index contributed by atoms with van der Waals surface area (Å²) in [6, 6.07) is 60.0. The van der Waals surface area contributed by atoms with Crippen LogP contribution in [0, 0.1) is 6.92 Å². The van der Waals surface area contributed by atoms with Gasteiger partial charge in [-0.15, -0.1) is 6.58 Å². The van der Waals surface area contributed by atoms with E-state index < -0.39 is 0 Å². The molecule has 0 aliphatic rings. The van der Waals surface area contributed by atoms with Gasteiger partial charge in [0.1, 0.15) is 0 Å². The number of hydrogen-bond donors (Lipinski definition) is 0. The van der Waals surface area contributed by atoms with Crippen LogP contribution in [0.25, 0.3) is 27.5 Å². The molecule has 0 bridgehead atoms. The van der Waals surface area contributed by atoms with E-state index in [9.17, 15) is 0 Å². The Bertz CT molecular complexity index is 2260. The van der Waals surface area contributed by atoms with Crippen LogP contribution < -0.4 is 9.80 Å². The summed E-state index contributed by atoms with van der Waals surface area (Å²) in [5.74, 6) is 0. The maximum Gasteiger partial charge on any atom is 0.0723 e. The Morgan fingerprint density at radius 3 is 1.73 bits per heavy atom. The van der Waals surface area contributed by atoms with Gasteiger partial charge in [-0.05, 0) is 123 Å². The number of aryl methyl sites for hydroxylation is 1. The minimum absolute atomic E-state index is 0.966. The molecule has 0 saturated heterocycles. The van der Waals surface area contributed by atoms with Gasteiger partial charge in [-0.3, -0.25) is 4.98 Å². The Morgan fingerprint density at radius 2 is 1.10 bits per heavy atom. The van der Waals surface area contributed by atoms with E-state index in [-0.39, 0.29) is 0 Å². The van der Waals surface area contributed by atoms with E-state index in [1.54, 1.807) is 6.08 Å². The monoisotopic (exact) mass is 634 g/mol. The largest absolute Gasteiger partial charge is 0.314 e. The highest BCUT2D eigenvalue weighted by Crippen LogP contribution is 2.42. The van der Waals surface area contributed by atoms with Gasteiger partial charge in [-0.25, -0.2) is 0 Å². The Balaban J connectivity index is 0.00000122. The smallest absolute Gasteiger partial charge is 0.0723 e. The molecule has 6 aromatic carbocycles. The number of aromatic nitrogens is 2. The third-order valence-corrected chi connectivity index (χ3v) is 8.50. The molecule has 0 spiro atoms. The molecule has 0 fully saturated rings. The van der Waals surface area contributed by atoms with Crippen molar-refractivity contribution in [1.82, 2.24) is 9.55 Å². The van der Waals surface area contributed by atoms with E-state index in [4.69, 9.17) is 0 Å². The van der Waals surface area contributed by atoms with Gasteiger partial charge in [-0.2, -0.15) is 0 Å². The van der Waals surface area contributed by atoms with Crippen molar-refractivity contribution in [2.45, 2.75) is 13.8 Å². The van der Waals surface area contributed by atoms with Crippen molar-refractivity contribution in [1.29, 1.82) is 0 Å². The fraction of sp³-hybridized carbons (Fsp3) is 0.0444. The normalized spacial score (nSPS) is 10.7. The van der Waals surface area contributed by atoms with Crippen LogP contribution in [0.15, 0.2) is 189 Å². The Kier molecular flexibility index (Phi) is 9.02. The van der Waals surface area contributed by atoms with Gasteiger partial charge < -0.3 is 14.4 Å². The van der Waals surface area contributed by atoms with E-state index >= 15 is 0 Å². The number of allylic oxidation sites excluding steroid dienone is 1. The lowest BCUT2D eigenvalue weighted by atomic mass is 10.1. The molecule has 0 unspecified atom stereocenters. The number of nitrogens with zero attached hydrogens (tertiary/aromatic N) is 4. The third-order valence-electron chi connectivity index (χ3n) is 8.50. The summed E-state index contributed by atoms with van der Waals surface area (Å²) in [5, 5.41) is 2.29. The lowest BCUT2D eigenvalue weighted by Gasteiger charge is -2.29. The summed E-state index contributed by atoms with van der Waals surface area (Å²) in [4.78, 5) is 9.31. The van der Waals surface area contributed by atoms with Crippen LogP contribution in [0.3, 0.4) is 0 Å². The number of fused-ring (bicyclic) bond motifs is 2. The number of para-hydroxylation sites is 3. The van der Waals surface area contributed by atoms with Gasteiger partial charge in [0.25, 0.3) is 0 Å². The maximum absolute atomic E-state index is 4.68. The number of benzene rings is 6. The third kappa shape index (κ3) is 6.32. The molecule has 49 heavy (non-hydrogen) atoms. The van der Waals surface area contributed by atoms with Crippen molar-refractivity contribution >= 4 is 55.9 Å². The summed E-state index contributed by atoms with van der Waals surface area (Å²) < 4.78 is 2.32. The summed E-state index contributed by atoms with van der Waals surface area (Å²) in [6.07, 6.45) is 3.61. The molecule has 0 amide bonds. The molecule has 0 saturated carbocycles. The highest BCUT2D eigenvalue weighted by atomic mass is 15.2. The molecule has 238 valence electrons. The first-order valence-electron chi connectivity index (χ1n) is 16.5. The number of pyridine rings is 1. The van der Waals surface area contributed by atoms with E-state index in [1.807, 2.05) is 19.2 Å². The standard InChI is InChI=1S/C42H32N4.C3H6/c1-31-29-32-30-38(26-27-41(32)44(31)33-13-5-2-6-14-33)46(42-21-11-20-40-39(42)19-12-28-43-40)37-24-22-36(23-25-37)45(34-15-7-3-8-16-34)35-17-9-4-10-18-35;1-3-2/h2-30H,1H3;3H,1H2,2H3. The lowest BCUT2D eigenvalue weighted by molar-refractivity contribution is 1.05. The predicted octanol–water partition coefficient (Wildman–Crippen LogP) is 12.6. The minimum atomic E-state index is 0.966. The van der Waals surface area contributed by atoms with E-state index in [1.165, 1.54) is 16.6 Å². The SMILES string of the molecule is C=CC.Cc1cc2cc(N(c3ccc(N(c4ccccc4)c4ccccc4)cc3)c3cccc4ncccc34)ccc2n1-c1ccccc1. The van der Waals surface area contributed by atoms with Gasteiger partial charge in [0.15, 0.2) is 0 Å². The Labute approximate surface area is 288 Å². The average molecular weight is 635 g/mol. The summed E-state index contributed by atoms with van der Waals surface area (Å²) in [6.45, 7) is 7.42. The molecular formula is C45H38N4. The predicted molar refractivity (Wildman–Crippen MR) is 209 cm³/mol. The molecule has 0 radical (unpaired) electrons. The van der Waals surface area contributed by atoms with Crippen LogP contribution in [0.5, 0.6) is 0 Å². The molecule has 8 aromatic rings. The summed E-state index contributed by atoms with van der Waals surface area (Å²) >= 11 is 0. The molecular weight excluding hydrogens is 597 g/mol. The molecule has 0 aliphatic heterocycles. The molecule has 8 rings (SSSR count). The molecule has 4 nitrogen and oxygen atoms in total. The minimum Gasteiger partial charge on any atom is -0.314 e. The van der Waals surface area contributed by atoms with Crippen molar-refractivity contribution in [3.63, 3.8) is 0 Å². The number of anilines is 6. The van der Waals surface area contributed by atoms with Gasteiger partial charge in [0.05, 0.1) is 16.7 Å². The molecule has 4 heteroatoms. The second-order valence-electron chi connectivity index (χ2n) is 11.8. The number of rotatable bonds is 7. The Morgan fingerprint density at radius 1 is 0.551 bits per heavy atom. The van der Waals surface area contributed by atoms with E-state index in [2.05, 4.69) is 197 Å². The second kappa shape index (κ2) is 14.2. The molecule has 0 atom stereocenters. The summed E-state index contributed by atoms with van der Waals surface area (Å²) in [7, 11) is 0. The van der Waals surface area contributed by atoms with Crippen molar-refractivity contribution in [3.05, 3.63) is 194 Å². The van der Waals surface area contributed by atoms with Gasteiger partial charge in [-0.1, -0.05) is 66.7 Å². The van der Waals surface area contributed by atoms with Crippen molar-refractivity contribution in [2.24, 2.45) is 0 Å². The van der Waals surface area contributed by atoms with Crippen LogP contribution in [0.4, 0.5) is 34.1 Å². The first-order valence-corrected chi connectivity index (χ1v) is 16.5. The Hall–Kier alpha value is -6.39. The quantitative estimate of drug-likeness (QED) is 0.163. The molecule has 2 aromatic heterocycles. The average Bonchev–Trinajstić information content (AvgIpc) is 3.49. The van der Waals surface area contributed by atoms with Crippen LogP contribution in [-0.4, -0.2) is 9.55 Å². The maximum atomic E-state index is 4.68. The van der Waals surface area contributed by atoms with Crippen LogP contribution in [0.2, 0.25) is 0 Å². The lowest BCUT2D eigenvalue weighted by Crippen LogP contribution is -2.12. The van der Waals surface area contributed by atoms with Crippen molar-refractivity contribution in [3.8, 4) is 5.69 Å². The van der Waals surface area contributed by atoms with Gasteiger partial charge in [0, 0.05) is 56.8 Å². The zero-order valence-electron chi connectivity index (χ0n) is 27.8. The molecule has 0 N–H and O–H groups in total. The highest BCUT2D eigenvalue weighted by molar-refractivity contribution is 5.99. The van der Waals surface area contributed by atoms with E-state index in [0.29, 0.717) is 0 Å². The van der Waals surface area contributed by atoms with Gasteiger partial charge in [0.2, 0.25) is 0 Å². The first kappa shape index (κ1) is 31.2. The van der Waals surface area contributed by atoms with Gasteiger partial charge >= 0.3 is 0 Å². The fourth-order valence-electron chi connectivity index (χ4n) is 6.46. The first-order chi connectivity index (χ1) is 24.2. The van der Waals surface area contributed by atoms with Crippen molar-refractivity contribution in [2.75, 3.05) is 9.80 Å². The molecule has 0 aliphatic carbocycles.